The molecule has 1 aromatic carbocycles. The van der Waals surface area contributed by atoms with Crippen molar-refractivity contribution < 1.29 is 9.66 Å². The Morgan fingerprint density at radius 1 is 1.39 bits per heavy atom. The molecule has 1 rings (SSSR count). The van der Waals surface area contributed by atoms with Crippen molar-refractivity contribution in [2.75, 3.05) is 6.61 Å². The summed E-state index contributed by atoms with van der Waals surface area (Å²) >= 11 is 0. The van der Waals surface area contributed by atoms with Gasteiger partial charge in [0.1, 0.15) is 5.75 Å². The molecule has 100 valence electrons. The molecule has 0 spiro atoms. The molecule has 0 saturated carbocycles. The van der Waals surface area contributed by atoms with Gasteiger partial charge in [-0.1, -0.05) is 0 Å². The summed E-state index contributed by atoms with van der Waals surface area (Å²) in [6.07, 6.45) is 0. The maximum Gasteiger partial charge on any atom is 0.270 e. The molecular weight excluding hydrogens is 232 g/mol. The Bertz CT molecular complexity index is 425. The SMILES string of the molecule is CCOc1ccc([N+](=O)[O-])cc1CNC(C)(C)C. The van der Waals surface area contributed by atoms with Crippen molar-refractivity contribution in [2.24, 2.45) is 0 Å². The predicted molar refractivity (Wildman–Crippen MR) is 70.9 cm³/mol. The highest BCUT2D eigenvalue weighted by Gasteiger charge is 2.14. The second kappa shape index (κ2) is 5.82. The lowest BCUT2D eigenvalue weighted by atomic mass is 10.1. The zero-order valence-electron chi connectivity index (χ0n) is 11.3. The van der Waals surface area contributed by atoms with E-state index in [4.69, 9.17) is 4.74 Å². The first-order valence-corrected chi connectivity index (χ1v) is 5.98. The summed E-state index contributed by atoms with van der Waals surface area (Å²) < 4.78 is 5.47. The topological polar surface area (TPSA) is 64.4 Å². The molecule has 1 aromatic rings. The van der Waals surface area contributed by atoms with Crippen molar-refractivity contribution in [2.45, 2.75) is 39.8 Å². The van der Waals surface area contributed by atoms with Gasteiger partial charge in [-0.2, -0.15) is 0 Å². The molecule has 18 heavy (non-hydrogen) atoms. The molecule has 0 saturated heterocycles. The van der Waals surface area contributed by atoms with Crippen LogP contribution in [0.3, 0.4) is 0 Å². The minimum absolute atomic E-state index is 0.0475. The van der Waals surface area contributed by atoms with Crippen LogP contribution in [-0.2, 0) is 6.54 Å². The number of hydrogen-bond donors (Lipinski definition) is 1. The molecule has 0 amide bonds. The van der Waals surface area contributed by atoms with Crippen molar-refractivity contribution in [3.63, 3.8) is 0 Å². The largest absolute Gasteiger partial charge is 0.494 e. The molecule has 0 aliphatic carbocycles. The van der Waals surface area contributed by atoms with Gasteiger partial charge >= 0.3 is 0 Å². The van der Waals surface area contributed by atoms with Crippen molar-refractivity contribution in [1.29, 1.82) is 0 Å². The highest BCUT2D eigenvalue weighted by Crippen LogP contribution is 2.24. The monoisotopic (exact) mass is 252 g/mol. The number of benzene rings is 1. The fourth-order valence-corrected chi connectivity index (χ4v) is 1.47. The Labute approximate surface area is 107 Å². The molecule has 1 N–H and O–H groups in total. The summed E-state index contributed by atoms with van der Waals surface area (Å²) in [5.74, 6) is 0.694. The number of hydrogen-bond acceptors (Lipinski definition) is 4. The second-order valence-electron chi connectivity index (χ2n) is 5.09. The van der Waals surface area contributed by atoms with Gasteiger partial charge in [0.2, 0.25) is 0 Å². The van der Waals surface area contributed by atoms with E-state index in [-0.39, 0.29) is 11.2 Å². The zero-order chi connectivity index (χ0) is 13.8. The molecule has 0 unspecified atom stereocenters. The Balaban J connectivity index is 2.96. The molecule has 0 bridgehead atoms. The van der Waals surface area contributed by atoms with E-state index in [2.05, 4.69) is 5.32 Å². The van der Waals surface area contributed by atoms with E-state index in [1.807, 2.05) is 27.7 Å². The summed E-state index contributed by atoms with van der Waals surface area (Å²) in [4.78, 5) is 10.4. The van der Waals surface area contributed by atoms with Crippen LogP contribution in [0.25, 0.3) is 0 Å². The standard InChI is InChI=1S/C13H20N2O3/c1-5-18-12-7-6-11(15(16)17)8-10(12)9-14-13(2,3)4/h6-8,14H,5,9H2,1-4H3. The first kappa shape index (κ1) is 14.4. The predicted octanol–water partition coefficient (Wildman–Crippen LogP) is 2.88. The van der Waals surface area contributed by atoms with Crippen molar-refractivity contribution in [1.82, 2.24) is 5.32 Å². The molecule has 0 aromatic heterocycles. The molecule has 5 nitrogen and oxygen atoms in total. The third kappa shape index (κ3) is 4.33. The molecule has 5 heteroatoms. The molecule has 0 aliphatic heterocycles. The van der Waals surface area contributed by atoms with Gasteiger partial charge in [-0.3, -0.25) is 10.1 Å². The Kier molecular flexibility index (Phi) is 4.67. The molecule has 0 aliphatic rings. The maximum absolute atomic E-state index is 10.8. The van der Waals surface area contributed by atoms with E-state index < -0.39 is 4.92 Å². The lowest BCUT2D eigenvalue weighted by Gasteiger charge is -2.21. The highest BCUT2D eigenvalue weighted by atomic mass is 16.6. The summed E-state index contributed by atoms with van der Waals surface area (Å²) in [6, 6.07) is 4.68. The van der Waals surface area contributed by atoms with Gasteiger partial charge in [-0.25, -0.2) is 0 Å². The lowest BCUT2D eigenvalue weighted by Crippen LogP contribution is -2.35. The summed E-state index contributed by atoms with van der Waals surface area (Å²) in [6.45, 7) is 9.11. The minimum Gasteiger partial charge on any atom is -0.494 e. The van der Waals surface area contributed by atoms with Gasteiger partial charge in [-0.05, 0) is 33.8 Å². The number of ether oxygens (including phenoxy) is 1. The normalized spacial score (nSPS) is 11.3. The number of nitro benzene ring substituents is 1. The molecular formula is C13H20N2O3. The van der Waals surface area contributed by atoms with Crippen LogP contribution in [0.2, 0.25) is 0 Å². The highest BCUT2D eigenvalue weighted by molar-refractivity contribution is 5.43. The summed E-state index contributed by atoms with van der Waals surface area (Å²) in [7, 11) is 0. The number of rotatable bonds is 5. The maximum atomic E-state index is 10.8. The van der Waals surface area contributed by atoms with Crippen LogP contribution in [0.15, 0.2) is 18.2 Å². The number of nitrogens with zero attached hydrogens (tertiary/aromatic N) is 1. The average Bonchev–Trinajstić information content (AvgIpc) is 2.26. The van der Waals surface area contributed by atoms with Gasteiger partial charge in [-0.15, -0.1) is 0 Å². The second-order valence-corrected chi connectivity index (χ2v) is 5.09. The molecule has 0 heterocycles. The fraction of sp³-hybridized carbons (Fsp3) is 0.538. The van der Waals surface area contributed by atoms with Crippen molar-refractivity contribution in [3.05, 3.63) is 33.9 Å². The van der Waals surface area contributed by atoms with E-state index in [0.717, 1.165) is 5.56 Å². The van der Waals surface area contributed by atoms with E-state index in [9.17, 15) is 10.1 Å². The number of nitro groups is 1. The number of nitrogens with one attached hydrogen (secondary N) is 1. The Hall–Kier alpha value is -1.62. The van der Waals surface area contributed by atoms with Crippen molar-refractivity contribution in [3.8, 4) is 5.75 Å². The third-order valence-electron chi connectivity index (χ3n) is 2.36. The first-order valence-electron chi connectivity index (χ1n) is 5.98. The van der Waals surface area contributed by atoms with Gasteiger partial charge < -0.3 is 10.1 Å². The molecule has 0 atom stereocenters. The van der Waals surface area contributed by atoms with Crippen LogP contribution in [-0.4, -0.2) is 17.1 Å². The minimum atomic E-state index is -0.393. The van der Waals surface area contributed by atoms with Gasteiger partial charge in [0.15, 0.2) is 0 Å². The zero-order valence-corrected chi connectivity index (χ0v) is 11.3. The molecule has 0 fully saturated rings. The smallest absolute Gasteiger partial charge is 0.270 e. The van der Waals surface area contributed by atoms with Gasteiger partial charge in [0.25, 0.3) is 5.69 Å². The Morgan fingerprint density at radius 2 is 2.06 bits per heavy atom. The van der Waals surface area contributed by atoms with E-state index in [1.54, 1.807) is 12.1 Å². The van der Waals surface area contributed by atoms with Crippen LogP contribution in [0.1, 0.15) is 33.3 Å². The Morgan fingerprint density at radius 3 is 2.56 bits per heavy atom. The van der Waals surface area contributed by atoms with Crippen LogP contribution in [0.5, 0.6) is 5.75 Å². The average molecular weight is 252 g/mol. The fourth-order valence-electron chi connectivity index (χ4n) is 1.47. The van der Waals surface area contributed by atoms with Crippen LogP contribution >= 0.6 is 0 Å². The van der Waals surface area contributed by atoms with Gasteiger partial charge in [0, 0.05) is 29.8 Å². The van der Waals surface area contributed by atoms with Crippen LogP contribution in [0, 0.1) is 10.1 Å². The summed E-state index contributed by atoms with van der Waals surface area (Å²) in [5, 5.41) is 14.1. The van der Waals surface area contributed by atoms with Gasteiger partial charge in [0.05, 0.1) is 11.5 Å². The number of non-ortho nitro benzene ring substituents is 1. The van der Waals surface area contributed by atoms with Crippen LogP contribution in [0.4, 0.5) is 5.69 Å². The van der Waals surface area contributed by atoms with E-state index in [1.165, 1.54) is 6.07 Å². The third-order valence-corrected chi connectivity index (χ3v) is 2.36. The first-order chi connectivity index (χ1) is 8.33. The quantitative estimate of drug-likeness (QED) is 0.646. The van der Waals surface area contributed by atoms with Crippen LogP contribution < -0.4 is 10.1 Å². The van der Waals surface area contributed by atoms with Crippen molar-refractivity contribution >= 4 is 5.69 Å². The lowest BCUT2D eigenvalue weighted by molar-refractivity contribution is -0.384. The van der Waals surface area contributed by atoms with E-state index >= 15 is 0 Å². The summed E-state index contributed by atoms with van der Waals surface area (Å²) in [5.41, 5.74) is 0.846. The van der Waals surface area contributed by atoms with E-state index in [0.29, 0.717) is 18.9 Å². The molecule has 0 radical (unpaired) electrons.